The molecule has 3 rings (SSSR count). The molecule has 1 spiro atoms. The fourth-order valence-electron chi connectivity index (χ4n) is 7.18. The minimum Gasteiger partial charge on any atom is -0.372 e. The van der Waals surface area contributed by atoms with Crippen LogP contribution in [0.3, 0.4) is 0 Å². The van der Waals surface area contributed by atoms with E-state index in [2.05, 4.69) is 88.3 Å². The third-order valence-corrected chi connectivity index (χ3v) is 9.25. The van der Waals surface area contributed by atoms with E-state index in [1.165, 1.54) is 99.4 Å². The number of likely N-dealkylation sites (tertiary alicyclic amines) is 1. The minimum absolute atomic E-state index is 0.465. The molecular formula is C36H55N. The summed E-state index contributed by atoms with van der Waals surface area (Å²) in [5.41, 5.74) is 7.44. The molecule has 1 aliphatic carbocycles. The van der Waals surface area contributed by atoms with Gasteiger partial charge in [-0.1, -0.05) is 102 Å². The largest absolute Gasteiger partial charge is 0.372 e. The summed E-state index contributed by atoms with van der Waals surface area (Å²) in [7, 11) is 0. The van der Waals surface area contributed by atoms with E-state index in [0.717, 1.165) is 25.4 Å². The van der Waals surface area contributed by atoms with E-state index in [-0.39, 0.29) is 0 Å². The highest BCUT2D eigenvalue weighted by Gasteiger charge is 2.41. The van der Waals surface area contributed by atoms with Gasteiger partial charge in [-0.05, 0) is 105 Å². The molecule has 1 saturated heterocycles. The van der Waals surface area contributed by atoms with Crippen LogP contribution in [0.2, 0.25) is 0 Å². The fourth-order valence-corrected chi connectivity index (χ4v) is 7.18. The molecule has 1 nitrogen and oxygen atoms in total. The molecule has 37 heavy (non-hydrogen) atoms. The van der Waals surface area contributed by atoms with Crippen LogP contribution in [0.1, 0.15) is 115 Å². The average Bonchev–Trinajstić information content (AvgIpc) is 3.10. The van der Waals surface area contributed by atoms with Crippen molar-refractivity contribution in [3.05, 3.63) is 77.9 Å². The number of hydrogen-bond acceptors (Lipinski definition) is 1. The summed E-state index contributed by atoms with van der Waals surface area (Å²) in [6, 6.07) is 7.18. The third kappa shape index (κ3) is 8.23. The van der Waals surface area contributed by atoms with E-state index in [1.54, 1.807) is 5.56 Å². The quantitative estimate of drug-likeness (QED) is 0.203. The van der Waals surface area contributed by atoms with Gasteiger partial charge in [0.2, 0.25) is 0 Å². The topological polar surface area (TPSA) is 3.24 Å². The summed E-state index contributed by atoms with van der Waals surface area (Å²) in [5.74, 6) is 1.48. The number of allylic oxidation sites excluding steroid dienone is 5. The minimum atomic E-state index is 0.465. The van der Waals surface area contributed by atoms with Crippen molar-refractivity contribution in [3.8, 4) is 0 Å². The van der Waals surface area contributed by atoms with Gasteiger partial charge in [-0.15, -0.1) is 0 Å². The highest BCUT2D eigenvalue weighted by molar-refractivity contribution is 5.63. The standard InChI is InChI=1S/C36H55N/c1-7-11-13-17-29(5)35-25-31(16-9-3)27-36(28-35)21-15-23-37(24-22-36)30(6)34-20-19-33(18-14-12-8-2)32(10-4)26-34/h7,11,13,17,19-20,26,31,35H,5-6,8-10,12,14-16,18,21-25,27-28H2,1-4H3/b11-7-,17-13-. The zero-order valence-corrected chi connectivity index (χ0v) is 24.7. The number of hydrogen-bond donors (Lipinski definition) is 0. The lowest BCUT2D eigenvalue weighted by molar-refractivity contribution is 0.0842. The van der Waals surface area contributed by atoms with Gasteiger partial charge in [0.05, 0.1) is 0 Å². The number of unbranched alkanes of at least 4 members (excludes halogenated alkanes) is 2. The Kier molecular flexibility index (Phi) is 11.8. The summed E-state index contributed by atoms with van der Waals surface area (Å²) < 4.78 is 0. The van der Waals surface area contributed by atoms with Crippen molar-refractivity contribution in [1.82, 2.24) is 4.90 Å². The normalized spacial score (nSPS) is 24.7. The second-order valence-electron chi connectivity index (χ2n) is 12.0. The van der Waals surface area contributed by atoms with Crippen LogP contribution in [-0.2, 0) is 12.8 Å². The van der Waals surface area contributed by atoms with E-state index >= 15 is 0 Å². The van der Waals surface area contributed by atoms with Gasteiger partial charge in [0, 0.05) is 18.8 Å². The van der Waals surface area contributed by atoms with Crippen molar-refractivity contribution in [2.45, 2.75) is 111 Å². The lowest BCUT2D eigenvalue weighted by atomic mass is 9.60. The molecule has 1 saturated carbocycles. The molecule has 1 heterocycles. The molecule has 1 aromatic rings. The van der Waals surface area contributed by atoms with Gasteiger partial charge in [0.25, 0.3) is 0 Å². The van der Waals surface area contributed by atoms with Gasteiger partial charge < -0.3 is 4.90 Å². The van der Waals surface area contributed by atoms with Crippen LogP contribution in [0.4, 0.5) is 0 Å². The van der Waals surface area contributed by atoms with Crippen LogP contribution in [0.15, 0.2) is 61.2 Å². The first-order valence-electron chi connectivity index (χ1n) is 15.5. The van der Waals surface area contributed by atoms with Gasteiger partial charge >= 0.3 is 0 Å². The molecule has 3 unspecified atom stereocenters. The maximum atomic E-state index is 4.63. The summed E-state index contributed by atoms with van der Waals surface area (Å²) in [4.78, 5) is 2.61. The second-order valence-corrected chi connectivity index (χ2v) is 12.0. The lowest BCUT2D eigenvalue weighted by Crippen LogP contribution is -2.35. The summed E-state index contributed by atoms with van der Waals surface area (Å²) in [6.45, 7) is 20.5. The van der Waals surface area contributed by atoms with Crippen molar-refractivity contribution in [2.75, 3.05) is 13.1 Å². The van der Waals surface area contributed by atoms with E-state index < -0.39 is 0 Å². The molecule has 0 bridgehead atoms. The Morgan fingerprint density at radius 3 is 2.57 bits per heavy atom. The molecule has 0 aromatic heterocycles. The Morgan fingerprint density at radius 1 is 1.00 bits per heavy atom. The highest BCUT2D eigenvalue weighted by atomic mass is 15.1. The fraction of sp³-hybridized carbons (Fsp3) is 0.611. The number of nitrogens with zero attached hydrogens (tertiary/aromatic N) is 1. The third-order valence-electron chi connectivity index (χ3n) is 9.25. The molecule has 204 valence electrons. The Balaban J connectivity index is 1.71. The lowest BCUT2D eigenvalue weighted by Gasteiger charge is -2.45. The molecule has 3 atom stereocenters. The summed E-state index contributed by atoms with van der Waals surface area (Å²) in [5, 5.41) is 0. The van der Waals surface area contributed by atoms with Gasteiger partial charge in [-0.2, -0.15) is 0 Å². The monoisotopic (exact) mass is 501 g/mol. The molecule has 0 amide bonds. The van der Waals surface area contributed by atoms with Crippen LogP contribution < -0.4 is 0 Å². The maximum Gasteiger partial charge on any atom is 0.0366 e. The molecular weight excluding hydrogens is 446 g/mol. The predicted molar refractivity (Wildman–Crippen MR) is 165 cm³/mol. The first-order valence-corrected chi connectivity index (χ1v) is 15.5. The molecule has 0 radical (unpaired) electrons. The molecule has 2 aliphatic rings. The van der Waals surface area contributed by atoms with E-state index in [9.17, 15) is 0 Å². The molecule has 1 heteroatoms. The molecule has 1 aromatic carbocycles. The van der Waals surface area contributed by atoms with E-state index in [4.69, 9.17) is 0 Å². The van der Waals surface area contributed by atoms with Crippen molar-refractivity contribution in [3.63, 3.8) is 0 Å². The van der Waals surface area contributed by atoms with E-state index in [0.29, 0.717) is 11.3 Å². The van der Waals surface area contributed by atoms with Gasteiger partial charge in [0.15, 0.2) is 0 Å². The second kappa shape index (κ2) is 14.8. The Morgan fingerprint density at radius 2 is 1.84 bits per heavy atom. The van der Waals surface area contributed by atoms with Crippen LogP contribution in [0.5, 0.6) is 0 Å². The first kappa shape index (κ1) is 29.5. The van der Waals surface area contributed by atoms with Crippen molar-refractivity contribution < 1.29 is 0 Å². The average molecular weight is 502 g/mol. The Hall–Kier alpha value is -2.02. The van der Waals surface area contributed by atoms with Gasteiger partial charge in [-0.3, -0.25) is 0 Å². The molecule has 1 aliphatic heterocycles. The first-order chi connectivity index (χ1) is 17.9. The zero-order valence-electron chi connectivity index (χ0n) is 24.7. The van der Waals surface area contributed by atoms with Crippen LogP contribution in [0.25, 0.3) is 5.70 Å². The number of aryl methyl sites for hydroxylation is 2. The summed E-state index contributed by atoms with van der Waals surface area (Å²) >= 11 is 0. The SMILES string of the molecule is C=C(/C=C\C=C/C)C1CC(CCC)CC2(CCCN(C(=C)c3ccc(CCCCC)c(CC)c3)CC2)C1. The Labute approximate surface area is 229 Å². The summed E-state index contributed by atoms with van der Waals surface area (Å²) in [6.07, 6.45) is 25.6. The Bertz CT molecular complexity index is 934. The number of benzene rings is 1. The zero-order chi connectivity index (χ0) is 26.7. The maximum absolute atomic E-state index is 4.63. The smallest absolute Gasteiger partial charge is 0.0366 e. The number of rotatable bonds is 12. The highest BCUT2D eigenvalue weighted by Crippen LogP contribution is 2.52. The van der Waals surface area contributed by atoms with Crippen molar-refractivity contribution in [2.24, 2.45) is 17.3 Å². The predicted octanol–water partition coefficient (Wildman–Crippen LogP) is 10.3. The van der Waals surface area contributed by atoms with Crippen molar-refractivity contribution in [1.29, 1.82) is 0 Å². The van der Waals surface area contributed by atoms with Crippen LogP contribution >= 0.6 is 0 Å². The molecule has 0 N–H and O–H groups in total. The molecule has 2 fully saturated rings. The van der Waals surface area contributed by atoms with Gasteiger partial charge in [-0.25, -0.2) is 0 Å². The van der Waals surface area contributed by atoms with E-state index in [1.807, 2.05) is 0 Å². The van der Waals surface area contributed by atoms with Gasteiger partial charge in [0.1, 0.15) is 0 Å². The van der Waals surface area contributed by atoms with Crippen LogP contribution in [-0.4, -0.2) is 18.0 Å². The van der Waals surface area contributed by atoms with Crippen LogP contribution in [0, 0.1) is 17.3 Å². The van der Waals surface area contributed by atoms with Crippen molar-refractivity contribution >= 4 is 5.70 Å².